The van der Waals surface area contributed by atoms with Gasteiger partial charge in [-0.25, -0.2) is 9.97 Å². The summed E-state index contributed by atoms with van der Waals surface area (Å²) in [5, 5.41) is 13.6. The first-order valence-corrected chi connectivity index (χ1v) is 27.8. The second-order valence-electron chi connectivity index (χ2n) is 19.1. The maximum Gasteiger partial charge on any atom is 0.181 e. The first-order chi connectivity index (χ1) is 36.7. The molecule has 2 aliphatic rings. The Kier molecular flexibility index (Phi) is 9.77. The van der Waals surface area contributed by atoms with Crippen molar-refractivity contribution in [2.75, 3.05) is 4.90 Å². The van der Waals surface area contributed by atoms with Gasteiger partial charge in [-0.15, -0.1) is 0 Å². The highest BCUT2D eigenvalue weighted by molar-refractivity contribution is 7.99. The highest BCUT2D eigenvalue weighted by Gasteiger charge is 2.51. The maximum absolute atomic E-state index is 6.74. The van der Waals surface area contributed by atoms with E-state index in [1.807, 2.05) is 48.6 Å². The van der Waals surface area contributed by atoms with Crippen molar-refractivity contribution in [2.45, 2.75) is 9.79 Å². The Morgan fingerprint density at radius 3 is 1.96 bits per heavy atom. The fourth-order valence-electron chi connectivity index (χ4n) is 11.8. The van der Waals surface area contributed by atoms with Crippen LogP contribution in [0.25, 0.3) is 76.9 Å². The molecule has 1 unspecified atom stereocenters. The average Bonchev–Trinajstić information content (AvgIpc) is 3.87. The van der Waals surface area contributed by atoms with Gasteiger partial charge in [0.05, 0.1) is 15.3 Å². The monoisotopic (exact) mass is 978 g/mol. The minimum Gasteiger partial charge on any atom is -0.455 e. The van der Waals surface area contributed by atoms with Crippen LogP contribution < -0.4 is 30.4 Å². The molecule has 15 rings (SSSR count). The average molecular weight is 979 g/mol. The fourth-order valence-corrected chi connectivity index (χ4v) is 18.4. The van der Waals surface area contributed by atoms with Gasteiger partial charge in [0.1, 0.15) is 11.5 Å². The molecule has 7 heteroatoms. The third kappa shape index (κ3) is 6.67. The number of fused-ring (bicyclic) bond motifs is 10. The standard InChI is InChI=1S/C67H42N4OSSi/c1-2-14-44-38-49-41-51(27-26-47(49)37-43(44)13-1)71(52-28-30-58-48(40-52)17-11-34-68-58)50-18-9-15-45(39-50)46-16-10-19-53(42-46)74(63-32-29-56(67-69-35-12-36-70-67)54-20-3-4-21-55(54)63)62-25-8-5-22-57(62)65-64(74)33-31-60-66(65)73-61-24-7-6-23-59(61)72-60/h1-42H. The summed E-state index contributed by atoms with van der Waals surface area (Å²) in [7, 11) is -3.17. The number of pyridine rings is 1. The van der Waals surface area contributed by atoms with Crippen molar-refractivity contribution in [2.24, 2.45) is 0 Å². The number of rotatable bonds is 7. The van der Waals surface area contributed by atoms with Crippen molar-refractivity contribution in [1.82, 2.24) is 15.0 Å². The zero-order valence-electron chi connectivity index (χ0n) is 39.9. The van der Waals surface area contributed by atoms with Gasteiger partial charge in [0.15, 0.2) is 13.9 Å². The molecule has 0 radical (unpaired) electrons. The SMILES string of the molecule is c1cnc(-c2ccc([Si]3(c4cccc(-c5cccc(N(c6ccc7cc8ccccc8cc7c6)c6ccc7ncccc7c6)c5)c4)c4ccccc4-c4c3ccc3c4Sc4ccccc4O3)c3ccccc23)nc1. The third-order valence-electron chi connectivity index (χ3n) is 15.1. The van der Waals surface area contributed by atoms with Crippen LogP contribution in [0.1, 0.15) is 0 Å². The second-order valence-corrected chi connectivity index (χ2v) is 23.9. The predicted octanol–water partition coefficient (Wildman–Crippen LogP) is 14.9. The molecular formula is C67H42N4OSSi. The van der Waals surface area contributed by atoms with E-state index in [4.69, 9.17) is 14.7 Å². The van der Waals surface area contributed by atoms with Crippen LogP contribution in [0.3, 0.4) is 0 Å². The van der Waals surface area contributed by atoms with Gasteiger partial charge in [0.25, 0.3) is 0 Å². The summed E-state index contributed by atoms with van der Waals surface area (Å²) in [6.45, 7) is 0. The van der Waals surface area contributed by atoms with Gasteiger partial charge >= 0.3 is 0 Å². The molecule has 1 atom stereocenters. The summed E-state index contributed by atoms with van der Waals surface area (Å²) >= 11 is 1.82. The Labute approximate surface area is 433 Å². The maximum atomic E-state index is 6.74. The molecule has 0 saturated carbocycles. The van der Waals surface area contributed by atoms with Crippen LogP contribution in [0.2, 0.25) is 0 Å². The van der Waals surface area contributed by atoms with Gasteiger partial charge < -0.3 is 9.64 Å². The Morgan fingerprint density at radius 1 is 0.392 bits per heavy atom. The van der Waals surface area contributed by atoms with Crippen LogP contribution in [0.5, 0.6) is 11.5 Å². The number of para-hydroxylation sites is 1. The van der Waals surface area contributed by atoms with Gasteiger partial charge in [0, 0.05) is 46.6 Å². The quantitative estimate of drug-likeness (QED) is 0.117. The minimum absolute atomic E-state index is 0.716. The molecule has 0 bridgehead atoms. The zero-order chi connectivity index (χ0) is 48.7. The molecule has 2 aliphatic heterocycles. The first kappa shape index (κ1) is 42.5. The summed E-state index contributed by atoms with van der Waals surface area (Å²) in [4.78, 5) is 18.9. The van der Waals surface area contributed by atoms with Crippen molar-refractivity contribution in [3.8, 4) is 45.1 Å². The van der Waals surface area contributed by atoms with E-state index in [0.717, 1.165) is 71.3 Å². The van der Waals surface area contributed by atoms with Crippen molar-refractivity contribution < 1.29 is 4.74 Å². The molecule has 4 heterocycles. The molecule has 2 aromatic heterocycles. The van der Waals surface area contributed by atoms with Crippen LogP contribution in [0, 0.1) is 0 Å². The van der Waals surface area contributed by atoms with Crippen LogP contribution in [0.15, 0.2) is 265 Å². The summed E-state index contributed by atoms with van der Waals surface area (Å²) in [6, 6.07) is 86.8. The zero-order valence-corrected chi connectivity index (χ0v) is 41.7. The number of hydrogen-bond donors (Lipinski definition) is 0. The molecule has 346 valence electrons. The number of aromatic nitrogens is 3. The summed E-state index contributed by atoms with van der Waals surface area (Å²) in [6.07, 6.45) is 5.51. The molecular weight excluding hydrogens is 937 g/mol. The van der Waals surface area contributed by atoms with Crippen molar-refractivity contribution in [3.63, 3.8) is 0 Å². The van der Waals surface area contributed by atoms with E-state index in [-0.39, 0.29) is 0 Å². The minimum atomic E-state index is -3.17. The Morgan fingerprint density at radius 2 is 1.07 bits per heavy atom. The highest BCUT2D eigenvalue weighted by atomic mass is 32.2. The van der Waals surface area contributed by atoms with Crippen molar-refractivity contribution in [1.29, 1.82) is 0 Å². The lowest BCUT2D eigenvalue weighted by atomic mass is 10.0. The van der Waals surface area contributed by atoms with E-state index in [9.17, 15) is 0 Å². The number of ether oxygens (including phenoxy) is 1. The summed E-state index contributed by atoms with van der Waals surface area (Å²) in [5.74, 6) is 2.50. The third-order valence-corrected chi connectivity index (χ3v) is 21.1. The van der Waals surface area contributed by atoms with E-state index in [1.165, 1.54) is 58.8 Å². The van der Waals surface area contributed by atoms with Gasteiger partial charge in [-0.1, -0.05) is 163 Å². The van der Waals surface area contributed by atoms with Crippen LogP contribution in [-0.4, -0.2) is 23.0 Å². The Balaban J connectivity index is 0.945. The molecule has 0 amide bonds. The largest absolute Gasteiger partial charge is 0.455 e. The first-order valence-electron chi connectivity index (χ1n) is 25.0. The van der Waals surface area contributed by atoms with E-state index >= 15 is 0 Å². The number of nitrogens with zero attached hydrogens (tertiary/aromatic N) is 4. The Hall–Kier alpha value is -9.14. The lowest BCUT2D eigenvalue weighted by Gasteiger charge is -2.33. The lowest BCUT2D eigenvalue weighted by molar-refractivity contribution is 0.455. The molecule has 5 nitrogen and oxygen atoms in total. The van der Waals surface area contributed by atoms with Gasteiger partial charge in [-0.2, -0.15) is 0 Å². The Bertz CT molecular complexity index is 4430. The van der Waals surface area contributed by atoms with Gasteiger partial charge in [-0.3, -0.25) is 4.98 Å². The van der Waals surface area contributed by atoms with Crippen LogP contribution in [-0.2, 0) is 0 Å². The molecule has 0 N–H and O–H groups in total. The highest BCUT2D eigenvalue weighted by Crippen LogP contribution is 2.52. The summed E-state index contributed by atoms with van der Waals surface area (Å²) in [5.41, 5.74) is 10.00. The van der Waals surface area contributed by atoms with Crippen LogP contribution in [0.4, 0.5) is 17.1 Å². The normalized spacial score (nSPS) is 14.3. The second kappa shape index (κ2) is 17.0. The summed E-state index contributed by atoms with van der Waals surface area (Å²) < 4.78 is 6.74. The van der Waals surface area contributed by atoms with E-state index in [2.05, 4.69) is 228 Å². The van der Waals surface area contributed by atoms with Gasteiger partial charge in [-0.05, 0) is 160 Å². The molecule has 0 saturated heterocycles. The topological polar surface area (TPSA) is 51.1 Å². The molecule has 0 aliphatic carbocycles. The van der Waals surface area contributed by atoms with Crippen molar-refractivity contribution >= 4 is 101 Å². The molecule has 0 spiro atoms. The molecule has 0 fully saturated rings. The smallest absolute Gasteiger partial charge is 0.181 e. The van der Waals surface area contributed by atoms with E-state index < -0.39 is 8.07 Å². The van der Waals surface area contributed by atoms with E-state index in [1.54, 1.807) is 0 Å². The van der Waals surface area contributed by atoms with Gasteiger partial charge in [0.2, 0.25) is 0 Å². The molecule has 74 heavy (non-hydrogen) atoms. The van der Waals surface area contributed by atoms with E-state index in [0.29, 0.717) is 5.82 Å². The lowest BCUT2D eigenvalue weighted by Crippen LogP contribution is -2.73. The van der Waals surface area contributed by atoms with Crippen LogP contribution >= 0.6 is 11.8 Å². The molecule has 13 aromatic rings. The number of hydrogen-bond acceptors (Lipinski definition) is 6. The fraction of sp³-hybridized carbons (Fsp3) is 0. The number of benzene rings is 11. The number of anilines is 3. The predicted molar refractivity (Wildman–Crippen MR) is 309 cm³/mol. The van der Waals surface area contributed by atoms with Crippen molar-refractivity contribution in [3.05, 3.63) is 255 Å². The molecule has 11 aromatic carbocycles.